The summed E-state index contributed by atoms with van der Waals surface area (Å²) in [5.74, 6) is 0. The fourth-order valence-corrected chi connectivity index (χ4v) is 6.63. The fraction of sp³-hybridized carbons (Fsp3) is 0.273. The van der Waals surface area contributed by atoms with E-state index in [2.05, 4.69) is 43.5 Å². The van der Waals surface area contributed by atoms with Gasteiger partial charge in [-0.05, 0) is 0 Å². The Balaban J connectivity index is 0. The molecule has 0 aliphatic heterocycles. The van der Waals surface area contributed by atoms with Crippen molar-refractivity contribution in [2.45, 2.75) is 14.7 Å². The van der Waals surface area contributed by atoms with Gasteiger partial charge in [0.1, 0.15) is 0 Å². The van der Waals surface area contributed by atoms with Crippen LogP contribution in [0, 0.1) is 0 Å². The van der Waals surface area contributed by atoms with Gasteiger partial charge in [0.2, 0.25) is 0 Å². The minimum Gasteiger partial charge on any atom is -1.00 e. The van der Waals surface area contributed by atoms with Crippen molar-refractivity contribution in [3.63, 3.8) is 0 Å². The van der Waals surface area contributed by atoms with Gasteiger partial charge in [0.25, 0.3) is 0 Å². The van der Waals surface area contributed by atoms with Crippen LogP contribution in [0.15, 0.2) is 46.8 Å². The summed E-state index contributed by atoms with van der Waals surface area (Å²) in [6.07, 6.45) is 12.1. The van der Waals surface area contributed by atoms with Crippen molar-refractivity contribution in [3.8, 4) is 0 Å². The molecule has 0 bridgehead atoms. The van der Waals surface area contributed by atoms with Crippen molar-refractivity contribution in [1.29, 1.82) is 0 Å². The first-order valence-corrected chi connectivity index (χ1v) is 9.01. The molecule has 1 aliphatic carbocycles. The van der Waals surface area contributed by atoms with E-state index < -0.39 is 21.8 Å². The minimum atomic E-state index is -1.29. The maximum Gasteiger partial charge on any atom is -1.00 e. The standard InChI is InChI=1S/C5H5.2C3H5.2ClH.Zr/c1-2-4-5-3-1;2*1-3-2;;;/h1-3H,4H2;2*3H,1-2H2;2*1H;/q;;;;;+2/p-2. The second-order valence-corrected chi connectivity index (χ2v) is 9.47. The molecular formula is C11H15Cl2Zr. The smallest absolute Gasteiger partial charge is 1.00 e. The zero-order valence-electron chi connectivity index (χ0n) is 8.18. The fourth-order valence-electron chi connectivity index (χ4n) is 1.40. The molecule has 0 aromatic heterocycles. The van der Waals surface area contributed by atoms with Crippen molar-refractivity contribution < 1.29 is 46.6 Å². The molecule has 0 atom stereocenters. The second kappa shape index (κ2) is 9.96. The van der Waals surface area contributed by atoms with Crippen LogP contribution in [0.5, 0.6) is 0 Å². The minimum absolute atomic E-state index is 0. The Hall–Kier alpha value is 0.423. The van der Waals surface area contributed by atoms with Gasteiger partial charge >= 0.3 is 83.2 Å². The van der Waals surface area contributed by atoms with Gasteiger partial charge in [0, 0.05) is 0 Å². The predicted molar refractivity (Wildman–Crippen MR) is 51.8 cm³/mol. The van der Waals surface area contributed by atoms with Gasteiger partial charge < -0.3 is 24.8 Å². The molecule has 0 N–H and O–H groups in total. The SMILES string of the molecule is C=C[CH2][Zr+2]([CH2]C=C)[C]1=CC=CC1.[Cl-].[Cl-]. The Morgan fingerprint density at radius 3 is 2.14 bits per heavy atom. The monoisotopic (exact) mass is 307 g/mol. The van der Waals surface area contributed by atoms with Crippen LogP contribution in [0.25, 0.3) is 0 Å². The summed E-state index contributed by atoms with van der Waals surface area (Å²) in [7, 11) is 0. The third kappa shape index (κ3) is 5.34. The van der Waals surface area contributed by atoms with Gasteiger partial charge in [0.15, 0.2) is 0 Å². The Kier molecular flexibility index (Phi) is 12.0. The number of halogens is 2. The van der Waals surface area contributed by atoms with E-state index in [1.54, 1.807) is 3.28 Å². The number of hydrogen-bond donors (Lipinski definition) is 0. The molecule has 77 valence electrons. The molecule has 0 amide bonds. The summed E-state index contributed by atoms with van der Waals surface area (Å²) in [5, 5.41) is 0. The quantitative estimate of drug-likeness (QED) is 0.500. The van der Waals surface area contributed by atoms with E-state index in [4.69, 9.17) is 0 Å². The Morgan fingerprint density at radius 2 is 1.79 bits per heavy atom. The van der Waals surface area contributed by atoms with E-state index in [-0.39, 0.29) is 24.8 Å². The van der Waals surface area contributed by atoms with Crippen LogP contribution in [0.1, 0.15) is 6.42 Å². The number of rotatable bonds is 5. The zero-order chi connectivity index (χ0) is 8.81. The first-order valence-electron chi connectivity index (χ1n) is 4.31. The van der Waals surface area contributed by atoms with Crippen LogP contribution < -0.4 is 24.8 Å². The summed E-state index contributed by atoms with van der Waals surface area (Å²) in [4.78, 5) is 0. The molecule has 0 unspecified atom stereocenters. The molecule has 0 saturated carbocycles. The molecule has 0 nitrogen and oxygen atoms in total. The molecular weight excluding hydrogens is 294 g/mol. The number of allylic oxidation sites excluding steroid dienone is 6. The summed E-state index contributed by atoms with van der Waals surface area (Å²) in [6, 6.07) is 0. The molecule has 0 heterocycles. The number of hydrogen-bond acceptors (Lipinski definition) is 0. The molecule has 0 radical (unpaired) electrons. The van der Waals surface area contributed by atoms with Gasteiger partial charge in [-0.1, -0.05) is 0 Å². The topological polar surface area (TPSA) is 0 Å². The molecule has 1 rings (SSSR count). The van der Waals surface area contributed by atoms with E-state index in [0.29, 0.717) is 0 Å². The van der Waals surface area contributed by atoms with Gasteiger partial charge in [0.05, 0.1) is 0 Å². The summed E-state index contributed by atoms with van der Waals surface area (Å²) < 4.78 is 4.25. The van der Waals surface area contributed by atoms with Crippen molar-refractivity contribution in [1.82, 2.24) is 0 Å². The van der Waals surface area contributed by atoms with E-state index in [9.17, 15) is 0 Å². The van der Waals surface area contributed by atoms with Crippen LogP contribution in [-0.2, 0) is 21.8 Å². The third-order valence-corrected chi connectivity index (χ3v) is 8.99. The van der Waals surface area contributed by atoms with Crippen molar-refractivity contribution in [2.24, 2.45) is 0 Å². The zero-order valence-corrected chi connectivity index (χ0v) is 12.1. The molecule has 0 spiro atoms. The van der Waals surface area contributed by atoms with Gasteiger partial charge in [-0.15, -0.1) is 0 Å². The van der Waals surface area contributed by atoms with Crippen LogP contribution >= 0.6 is 0 Å². The van der Waals surface area contributed by atoms with Gasteiger partial charge in [-0.2, -0.15) is 0 Å². The van der Waals surface area contributed by atoms with Gasteiger partial charge in [-0.3, -0.25) is 0 Å². The Labute approximate surface area is 107 Å². The molecule has 0 saturated heterocycles. The van der Waals surface area contributed by atoms with Crippen molar-refractivity contribution in [2.75, 3.05) is 0 Å². The first kappa shape index (κ1) is 16.8. The second-order valence-electron chi connectivity index (χ2n) is 2.91. The van der Waals surface area contributed by atoms with Crippen molar-refractivity contribution in [3.05, 3.63) is 46.8 Å². The molecule has 3 heteroatoms. The van der Waals surface area contributed by atoms with E-state index in [1.807, 2.05) is 0 Å². The Bertz CT molecular complexity index is 221. The van der Waals surface area contributed by atoms with Crippen LogP contribution in [0.2, 0.25) is 8.26 Å². The van der Waals surface area contributed by atoms with Crippen LogP contribution in [0.4, 0.5) is 0 Å². The van der Waals surface area contributed by atoms with E-state index >= 15 is 0 Å². The maximum absolute atomic E-state index is 3.82. The first-order chi connectivity index (χ1) is 5.88. The van der Waals surface area contributed by atoms with E-state index in [0.717, 1.165) is 0 Å². The molecule has 1 aliphatic rings. The van der Waals surface area contributed by atoms with Crippen molar-refractivity contribution >= 4 is 0 Å². The molecule has 14 heavy (non-hydrogen) atoms. The average molecular weight is 309 g/mol. The Morgan fingerprint density at radius 1 is 1.21 bits per heavy atom. The predicted octanol–water partition coefficient (Wildman–Crippen LogP) is -2.33. The summed E-state index contributed by atoms with van der Waals surface area (Å²) in [6.45, 7) is 7.64. The third-order valence-electron chi connectivity index (χ3n) is 2.01. The van der Waals surface area contributed by atoms with Crippen LogP contribution in [0.3, 0.4) is 0 Å². The van der Waals surface area contributed by atoms with E-state index in [1.165, 1.54) is 14.7 Å². The summed E-state index contributed by atoms with van der Waals surface area (Å²) in [5.41, 5.74) is 0. The molecule has 0 aromatic rings. The molecule has 0 fully saturated rings. The molecule has 0 aromatic carbocycles. The van der Waals surface area contributed by atoms with Gasteiger partial charge in [-0.25, -0.2) is 0 Å². The largest absolute Gasteiger partial charge is 1.00 e. The normalized spacial score (nSPS) is 12.1. The van der Waals surface area contributed by atoms with Crippen LogP contribution in [-0.4, -0.2) is 0 Å². The summed E-state index contributed by atoms with van der Waals surface area (Å²) >= 11 is -1.29. The average Bonchev–Trinajstić information content (AvgIpc) is 2.56. The maximum atomic E-state index is 3.82.